The second kappa shape index (κ2) is 7.42. The maximum atomic E-state index is 12.5. The molecular formula is C14H18ClN3O5S2. The number of nitrogens with one attached hydrogen (secondary N) is 1. The third-order valence-electron chi connectivity index (χ3n) is 3.85. The maximum absolute atomic E-state index is 12.5. The number of primary sulfonamides is 1. The van der Waals surface area contributed by atoms with Crippen LogP contribution in [0.25, 0.3) is 0 Å². The minimum absolute atomic E-state index is 0.0383. The van der Waals surface area contributed by atoms with Gasteiger partial charge in [0, 0.05) is 30.6 Å². The molecule has 0 radical (unpaired) electrons. The molecule has 1 aliphatic heterocycles. The van der Waals surface area contributed by atoms with Crippen LogP contribution in [0.15, 0.2) is 35.1 Å². The molecule has 1 saturated heterocycles. The van der Waals surface area contributed by atoms with Crippen molar-refractivity contribution >= 4 is 37.6 Å². The van der Waals surface area contributed by atoms with Crippen LogP contribution in [0, 0.1) is 5.92 Å². The zero-order valence-electron chi connectivity index (χ0n) is 13.2. The number of hydrogen-bond acceptors (Lipinski definition) is 5. The van der Waals surface area contributed by atoms with Gasteiger partial charge in [-0.25, -0.2) is 26.7 Å². The molecule has 0 saturated carbocycles. The van der Waals surface area contributed by atoms with Crippen LogP contribution in [0.3, 0.4) is 0 Å². The summed E-state index contributed by atoms with van der Waals surface area (Å²) < 4.78 is 48.1. The van der Waals surface area contributed by atoms with Crippen molar-refractivity contribution in [3.63, 3.8) is 0 Å². The third kappa shape index (κ3) is 5.02. The first-order valence-electron chi connectivity index (χ1n) is 7.27. The van der Waals surface area contributed by atoms with Gasteiger partial charge in [0.05, 0.1) is 5.02 Å². The molecule has 3 N–H and O–H groups in total. The molecule has 1 atom stereocenters. The normalized spacial score (nSPS) is 18.3. The summed E-state index contributed by atoms with van der Waals surface area (Å²) in [6, 6.07) is 3.88. The average molecular weight is 408 g/mol. The van der Waals surface area contributed by atoms with Crippen LogP contribution in [-0.4, -0.2) is 47.3 Å². The van der Waals surface area contributed by atoms with Gasteiger partial charge in [-0.2, -0.15) is 0 Å². The van der Waals surface area contributed by atoms with E-state index in [1.54, 1.807) is 0 Å². The summed E-state index contributed by atoms with van der Waals surface area (Å²) in [4.78, 5) is 13.8. The predicted octanol–water partition coefficient (Wildman–Crippen LogP) is 0.512. The van der Waals surface area contributed by atoms with Crippen molar-refractivity contribution in [3.8, 4) is 0 Å². The lowest BCUT2D eigenvalue weighted by molar-refractivity contribution is 0.0787. The molecule has 1 fully saturated rings. The fourth-order valence-corrected chi connectivity index (χ4v) is 4.17. The van der Waals surface area contributed by atoms with E-state index >= 15 is 0 Å². The van der Waals surface area contributed by atoms with Crippen LogP contribution in [0.1, 0.15) is 16.8 Å². The molecule has 2 rings (SSSR count). The van der Waals surface area contributed by atoms with Gasteiger partial charge in [0.15, 0.2) is 0 Å². The fraction of sp³-hybridized carbons (Fsp3) is 0.357. The van der Waals surface area contributed by atoms with Gasteiger partial charge in [-0.15, -0.1) is 0 Å². The number of hydrogen-bond donors (Lipinski definition) is 2. The van der Waals surface area contributed by atoms with Crippen molar-refractivity contribution in [2.45, 2.75) is 11.3 Å². The summed E-state index contributed by atoms with van der Waals surface area (Å²) in [5.74, 6) is -0.403. The van der Waals surface area contributed by atoms with E-state index in [2.05, 4.69) is 11.3 Å². The second-order valence-electron chi connectivity index (χ2n) is 5.66. The Balaban J connectivity index is 2.09. The van der Waals surface area contributed by atoms with Gasteiger partial charge in [0.2, 0.25) is 20.0 Å². The zero-order chi connectivity index (χ0) is 18.8. The minimum Gasteiger partial charge on any atom is -0.338 e. The van der Waals surface area contributed by atoms with Crippen LogP contribution < -0.4 is 9.86 Å². The Labute approximate surface area is 151 Å². The Morgan fingerprint density at radius 1 is 1.40 bits per heavy atom. The van der Waals surface area contributed by atoms with Gasteiger partial charge < -0.3 is 4.90 Å². The minimum atomic E-state index is -4.04. The summed E-state index contributed by atoms with van der Waals surface area (Å²) in [6.45, 7) is 4.20. The smallest absolute Gasteiger partial charge is 0.253 e. The number of rotatable bonds is 6. The first-order valence-corrected chi connectivity index (χ1v) is 10.7. The van der Waals surface area contributed by atoms with Crippen molar-refractivity contribution in [1.29, 1.82) is 0 Å². The van der Waals surface area contributed by atoms with Crippen molar-refractivity contribution in [2.24, 2.45) is 11.1 Å². The van der Waals surface area contributed by atoms with Crippen LogP contribution in [0.2, 0.25) is 5.02 Å². The molecule has 1 aromatic carbocycles. The molecule has 1 amide bonds. The lowest BCUT2D eigenvalue weighted by Crippen LogP contribution is -2.32. The molecule has 0 unspecified atom stereocenters. The van der Waals surface area contributed by atoms with Crippen molar-refractivity contribution in [2.75, 3.05) is 19.6 Å². The summed E-state index contributed by atoms with van der Waals surface area (Å²) in [7, 11) is -7.55. The number of likely N-dealkylation sites (tertiary alicyclic amines) is 1. The van der Waals surface area contributed by atoms with Crippen molar-refractivity contribution in [3.05, 3.63) is 40.8 Å². The average Bonchev–Trinajstić information content (AvgIpc) is 3.01. The van der Waals surface area contributed by atoms with Crippen LogP contribution in [-0.2, 0) is 20.0 Å². The first-order chi connectivity index (χ1) is 11.5. The molecular weight excluding hydrogens is 390 g/mol. The summed E-state index contributed by atoms with van der Waals surface area (Å²) >= 11 is 5.81. The molecule has 138 valence electrons. The molecule has 0 spiro atoms. The van der Waals surface area contributed by atoms with Crippen LogP contribution in [0.5, 0.6) is 0 Å². The number of nitrogens with zero attached hydrogens (tertiary/aromatic N) is 1. The number of nitrogens with two attached hydrogens (primary N) is 1. The number of halogens is 1. The summed E-state index contributed by atoms with van der Waals surface area (Å²) in [5.41, 5.74) is 0.153. The highest BCUT2D eigenvalue weighted by atomic mass is 35.5. The van der Waals surface area contributed by atoms with E-state index in [1.807, 2.05) is 0 Å². The van der Waals surface area contributed by atoms with Gasteiger partial charge >= 0.3 is 0 Å². The van der Waals surface area contributed by atoms with E-state index < -0.39 is 20.0 Å². The van der Waals surface area contributed by atoms with E-state index in [9.17, 15) is 21.6 Å². The van der Waals surface area contributed by atoms with Gasteiger partial charge in [-0.05, 0) is 30.5 Å². The summed E-state index contributed by atoms with van der Waals surface area (Å²) in [6.07, 6.45) is 0.626. The Kier molecular flexibility index (Phi) is 5.89. The SMILES string of the molecule is C=CS(=O)(=O)NC[C@H]1CCN(C(=O)c2ccc(Cl)c(S(N)(=O)=O)c2)C1. The maximum Gasteiger partial charge on any atom is 0.253 e. The molecule has 0 bridgehead atoms. The van der Waals surface area contributed by atoms with Gasteiger partial charge in [0.25, 0.3) is 5.91 Å². The highest BCUT2D eigenvalue weighted by Crippen LogP contribution is 2.24. The van der Waals surface area contributed by atoms with Crippen molar-refractivity contribution < 1.29 is 21.6 Å². The third-order valence-corrected chi connectivity index (χ3v) is 6.25. The number of amides is 1. The van der Waals surface area contributed by atoms with Gasteiger partial charge in [0.1, 0.15) is 4.90 Å². The van der Waals surface area contributed by atoms with Gasteiger partial charge in [-0.1, -0.05) is 18.2 Å². The molecule has 1 aliphatic rings. The van der Waals surface area contributed by atoms with E-state index in [-0.39, 0.29) is 33.9 Å². The summed E-state index contributed by atoms with van der Waals surface area (Å²) in [5, 5.41) is 5.85. The molecule has 0 aliphatic carbocycles. The van der Waals surface area contributed by atoms with Gasteiger partial charge in [-0.3, -0.25) is 4.79 Å². The Morgan fingerprint density at radius 2 is 2.08 bits per heavy atom. The number of benzene rings is 1. The Bertz CT molecular complexity index is 899. The monoisotopic (exact) mass is 407 g/mol. The first kappa shape index (κ1) is 19.9. The zero-order valence-corrected chi connectivity index (χ0v) is 15.6. The van der Waals surface area contributed by atoms with E-state index in [1.165, 1.54) is 17.0 Å². The molecule has 25 heavy (non-hydrogen) atoms. The van der Waals surface area contributed by atoms with E-state index in [0.717, 1.165) is 11.5 Å². The van der Waals surface area contributed by atoms with Crippen LogP contribution in [0.4, 0.5) is 0 Å². The van der Waals surface area contributed by atoms with E-state index in [4.69, 9.17) is 16.7 Å². The van der Waals surface area contributed by atoms with Crippen LogP contribution >= 0.6 is 11.6 Å². The lowest BCUT2D eigenvalue weighted by Gasteiger charge is -2.17. The fourth-order valence-electron chi connectivity index (χ4n) is 2.51. The van der Waals surface area contributed by atoms with E-state index in [0.29, 0.717) is 19.5 Å². The Morgan fingerprint density at radius 3 is 2.68 bits per heavy atom. The van der Waals surface area contributed by atoms with Crippen molar-refractivity contribution in [1.82, 2.24) is 9.62 Å². The molecule has 1 aromatic rings. The topological polar surface area (TPSA) is 127 Å². The quantitative estimate of drug-likeness (QED) is 0.710. The number of carbonyl (C=O) groups excluding carboxylic acids is 1. The second-order valence-corrected chi connectivity index (χ2v) is 9.31. The molecule has 1 heterocycles. The molecule has 11 heteroatoms. The molecule has 8 nitrogen and oxygen atoms in total. The lowest BCUT2D eigenvalue weighted by atomic mass is 10.1. The highest BCUT2D eigenvalue weighted by molar-refractivity contribution is 7.92. The molecule has 0 aromatic heterocycles. The number of sulfonamides is 2. The predicted molar refractivity (Wildman–Crippen MR) is 94.0 cm³/mol. The standard InChI is InChI=1S/C14H18ClN3O5S2/c1-2-24(20,21)17-8-10-5-6-18(9-10)14(19)11-3-4-12(15)13(7-11)25(16,22)23/h2-4,7,10,17H,1,5-6,8-9H2,(H2,16,22,23)/t10-/m1/s1. The highest BCUT2D eigenvalue weighted by Gasteiger charge is 2.28. The number of carbonyl (C=O) groups is 1. The largest absolute Gasteiger partial charge is 0.338 e. The Hall–Kier alpha value is -1.46.